The molecule has 33 heavy (non-hydrogen) atoms. The highest BCUT2D eigenvalue weighted by Gasteiger charge is 2.23. The summed E-state index contributed by atoms with van der Waals surface area (Å²) in [5.41, 5.74) is 8.52. The van der Waals surface area contributed by atoms with Crippen molar-refractivity contribution in [2.24, 2.45) is 0 Å². The highest BCUT2D eigenvalue weighted by atomic mass is 16.3. The van der Waals surface area contributed by atoms with Crippen molar-refractivity contribution in [3.63, 3.8) is 0 Å². The molecule has 1 N–H and O–H groups in total. The Morgan fingerprint density at radius 2 is 1.27 bits per heavy atom. The second-order valence-corrected chi connectivity index (χ2v) is 8.18. The molecule has 0 aliphatic heterocycles. The number of hydrogen-bond donors (Lipinski definition) is 1. The summed E-state index contributed by atoms with van der Waals surface area (Å²) in [6.07, 6.45) is 2.19. The summed E-state index contributed by atoms with van der Waals surface area (Å²) in [5.74, 6) is 0.248. The molecule has 1 heterocycles. The van der Waals surface area contributed by atoms with Gasteiger partial charge in [0.25, 0.3) is 0 Å². The topological polar surface area (TPSA) is 38.0 Å². The molecule has 0 saturated heterocycles. The van der Waals surface area contributed by atoms with Gasteiger partial charge in [-0.15, -0.1) is 0 Å². The molecule has 1 aromatic heterocycles. The van der Waals surface area contributed by atoms with Crippen molar-refractivity contribution >= 4 is 0 Å². The number of aryl methyl sites for hydroxylation is 1. The molecule has 0 aliphatic rings. The highest BCUT2D eigenvalue weighted by molar-refractivity contribution is 5.92. The van der Waals surface area contributed by atoms with E-state index in [1.54, 1.807) is 12.1 Å². The van der Waals surface area contributed by atoms with Gasteiger partial charge in [0.1, 0.15) is 11.4 Å². The van der Waals surface area contributed by atoms with Crippen molar-refractivity contribution in [3.05, 3.63) is 115 Å². The smallest absolute Gasteiger partial charge is 0.115 e. The van der Waals surface area contributed by atoms with Gasteiger partial charge in [-0.1, -0.05) is 86.1 Å². The van der Waals surface area contributed by atoms with Crippen LogP contribution in [0.4, 0.5) is 0 Å². The fourth-order valence-electron chi connectivity index (χ4n) is 4.26. The number of aromatic nitrogens is 2. The van der Waals surface area contributed by atoms with Gasteiger partial charge in [-0.3, -0.25) is 0 Å². The molecule has 0 atom stereocenters. The number of nitrogens with zero attached hydrogens (tertiary/aromatic N) is 2. The third kappa shape index (κ3) is 4.18. The van der Waals surface area contributed by atoms with Gasteiger partial charge in [0, 0.05) is 16.7 Å². The van der Waals surface area contributed by atoms with Crippen LogP contribution >= 0.6 is 0 Å². The van der Waals surface area contributed by atoms with Crippen molar-refractivity contribution in [2.75, 3.05) is 0 Å². The van der Waals surface area contributed by atoms with Gasteiger partial charge in [0.2, 0.25) is 0 Å². The minimum atomic E-state index is 0.248. The first-order chi connectivity index (χ1) is 16.2. The maximum absolute atomic E-state index is 9.92. The van der Waals surface area contributed by atoms with Gasteiger partial charge in [0.15, 0.2) is 0 Å². The summed E-state index contributed by atoms with van der Waals surface area (Å²) in [5, 5.41) is 15.1. The monoisotopic (exact) mass is 430 g/mol. The molecule has 0 saturated carbocycles. The quantitative estimate of drug-likeness (QED) is 0.302. The van der Waals surface area contributed by atoms with E-state index in [9.17, 15) is 5.11 Å². The zero-order valence-corrected chi connectivity index (χ0v) is 18.6. The number of phenolic OH excluding ortho intramolecular Hbond substituents is 1. The van der Waals surface area contributed by atoms with Crippen molar-refractivity contribution in [1.29, 1.82) is 0 Å². The minimum absolute atomic E-state index is 0.248. The number of rotatable bonds is 6. The maximum Gasteiger partial charge on any atom is 0.115 e. The van der Waals surface area contributed by atoms with Crippen LogP contribution in [0.1, 0.15) is 18.9 Å². The molecule has 5 rings (SSSR count). The van der Waals surface area contributed by atoms with Gasteiger partial charge in [-0.25, -0.2) is 4.68 Å². The Bertz CT molecular complexity index is 1340. The van der Waals surface area contributed by atoms with Gasteiger partial charge < -0.3 is 5.11 Å². The molecule has 4 aromatic carbocycles. The number of benzene rings is 4. The molecular formula is C30H26N2O. The predicted molar refractivity (Wildman–Crippen MR) is 136 cm³/mol. The van der Waals surface area contributed by atoms with Crippen LogP contribution in [0.25, 0.3) is 39.3 Å². The fraction of sp³-hybridized carbons (Fsp3) is 0.100. The zero-order chi connectivity index (χ0) is 22.6. The number of aromatic hydroxyl groups is 1. The summed E-state index contributed by atoms with van der Waals surface area (Å²) in [7, 11) is 0. The van der Waals surface area contributed by atoms with E-state index in [4.69, 9.17) is 5.10 Å². The summed E-state index contributed by atoms with van der Waals surface area (Å²) in [4.78, 5) is 0. The summed E-state index contributed by atoms with van der Waals surface area (Å²) < 4.78 is 2.03. The molecule has 5 aromatic rings. The van der Waals surface area contributed by atoms with E-state index in [1.807, 2.05) is 41.1 Å². The Labute approximate surface area is 194 Å². The largest absolute Gasteiger partial charge is 0.508 e. The molecular weight excluding hydrogens is 404 g/mol. The molecule has 0 fully saturated rings. The van der Waals surface area contributed by atoms with Crippen molar-refractivity contribution in [3.8, 4) is 45.1 Å². The van der Waals surface area contributed by atoms with E-state index in [2.05, 4.69) is 67.6 Å². The molecule has 0 radical (unpaired) electrons. The summed E-state index contributed by atoms with van der Waals surface area (Å²) >= 11 is 0. The average molecular weight is 431 g/mol. The maximum atomic E-state index is 9.92. The van der Waals surface area contributed by atoms with E-state index in [-0.39, 0.29) is 5.75 Å². The fourth-order valence-corrected chi connectivity index (χ4v) is 4.26. The molecule has 0 bridgehead atoms. The Balaban J connectivity index is 1.81. The van der Waals surface area contributed by atoms with Crippen LogP contribution in [-0.4, -0.2) is 14.9 Å². The number of phenols is 1. The van der Waals surface area contributed by atoms with Crippen molar-refractivity contribution in [2.45, 2.75) is 19.8 Å². The van der Waals surface area contributed by atoms with Gasteiger partial charge in [-0.05, 0) is 53.9 Å². The molecule has 0 spiro atoms. The molecule has 0 unspecified atom stereocenters. The Kier molecular flexibility index (Phi) is 5.77. The van der Waals surface area contributed by atoms with Gasteiger partial charge in [0.05, 0.1) is 11.4 Å². The van der Waals surface area contributed by atoms with Crippen LogP contribution < -0.4 is 0 Å². The van der Waals surface area contributed by atoms with Crippen LogP contribution in [-0.2, 0) is 6.42 Å². The Hall–Kier alpha value is -4.11. The third-order valence-electron chi connectivity index (χ3n) is 5.86. The van der Waals surface area contributed by atoms with Crippen molar-refractivity contribution in [1.82, 2.24) is 9.78 Å². The minimum Gasteiger partial charge on any atom is -0.508 e. The van der Waals surface area contributed by atoms with Crippen molar-refractivity contribution < 1.29 is 5.11 Å². The summed E-state index contributed by atoms with van der Waals surface area (Å²) in [6, 6.07) is 36.7. The normalized spacial score (nSPS) is 10.9. The van der Waals surface area contributed by atoms with E-state index in [0.29, 0.717) is 0 Å². The second-order valence-electron chi connectivity index (χ2n) is 8.18. The molecule has 0 aliphatic carbocycles. The lowest BCUT2D eigenvalue weighted by molar-refractivity contribution is 0.475. The van der Waals surface area contributed by atoms with E-state index < -0.39 is 0 Å². The summed E-state index contributed by atoms with van der Waals surface area (Å²) in [6.45, 7) is 2.20. The van der Waals surface area contributed by atoms with E-state index in [1.165, 1.54) is 5.56 Å². The van der Waals surface area contributed by atoms with Crippen LogP contribution in [0.5, 0.6) is 5.75 Å². The third-order valence-corrected chi connectivity index (χ3v) is 5.86. The molecule has 3 nitrogen and oxygen atoms in total. The Morgan fingerprint density at radius 3 is 1.88 bits per heavy atom. The lowest BCUT2D eigenvalue weighted by atomic mass is 9.95. The van der Waals surface area contributed by atoms with E-state index in [0.717, 1.165) is 52.2 Å². The lowest BCUT2D eigenvalue weighted by Crippen LogP contribution is -2.00. The molecule has 0 amide bonds. The van der Waals surface area contributed by atoms with Crippen LogP contribution in [0.15, 0.2) is 109 Å². The van der Waals surface area contributed by atoms with Crippen LogP contribution in [0.2, 0.25) is 0 Å². The Morgan fingerprint density at radius 1 is 0.667 bits per heavy atom. The second kappa shape index (κ2) is 9.17. The highest BCUT2D eigenvalue weighted by Crippen LogP contribution is 2.41. The van der Waals surface area contributed by atoms with Gasteiger partial charge in [-0.2, -0.15) is 5.10 Å². The standard InChI is InChI=1S/C30H26N2O/c1-2-9-22-14-18-26(19-15-22)32-30(25-16-20-27(33)21-17-25)28(23-10-5-3-6-11-23)29(31-32)24-12-7-4-8-13-24/h3-8,10-21,33H,2,9H2,1H3. The zero-order valence-electron chi connectivity index (χ0n) is 18.6. The van der Waals surface area contributed by atoms with E-state index >= 15 is 0 Å². The predicted octanol–water partition coefficient (Wildman–Crippen LogP) is 7.53. The number of hydrogen-bond acceptors (Lipinski definition) is 2. The molecule has 3 heteroatoms. The van der Waals surface area contributed by atoms with Crippen LogP contribution in [0, 0.1) is 0 Å². The van der Waals surface area contributed by atoms with Gasteiger partial charge >= 0.3 is 0 Å². The first-order valence-electron chi connectivity index (χ1n) is 11.4. The molecule has 162 valence electrons. The van der Waals surface area contributed by atoms with Crippen LogP contribution in [0.3, 0.4) is 0 Å². The SMILES string of the molecule is CCCc1ccc(-n2nc(-c3ccccc3)c(-c3ccccc3)c2-c2ccc(O)cc2)cc1. The lowest BCUT2D eigenvalue weighted by Gasteiger charge is -2.12. The average Bonchev–Trinajstić information content (AvgIpc) is 3.27. The first kappa shape index (κ1) is 20.8. The first-order valence-corrected chi connectivity index (χ1v) is 11.4.